The van der Waals surface area contributed by atoms with Crippen molar-refractivity contribution in [3.63, 3.8) is 0 Å². The van der Waals surface area contributed by atoms with Crippen molar-refractivity contribution in [1.29, 1.82) is 0 Å². The Bertz CT molecular complexity index is 366. The van der Waals surface area contributed by atoms with Crippen LogP contribution in [0.25, 0.3) is 6.08 Å². The van der Waals surface area contributed by atoms with Gasteiger partial charge in [0.05, 0.1) is 0 Å². The monoisotopic (exact) mass is 228 g/mol. The minimum atomic E-state index is -4.49. The van der Waals surface area contributed by atoms with Gasteiger partial charge in [-0.1, -0.05) is 43.0 Å². The van der Waals surface area contributed by atoms with Crippen LogP contribution in [0.15, 0.2) is 48.7 Å². The zero-order valence-electron chi connectivity index (χ0n) is 8.50. The highest BCUT2D eigenvalue weighted by Crippen LogP contribution is 2.24. The zero-order valence-corrected chi connectivity index (χ0v) is 8.50. The number of hydrogen-bond donors (Lipinski definition) is 0. The summed E-state index contributed by atoms with van der Waals surface area (Å²) in [5, 5.41) is 0. The molecule has 0 saturated carbocycles. The molecule has 0 N–H and O–H groups in total. The minimum Gasteiger partial charge on any atom is -0.485 e. The van der Waals surface area contributed by atoms with Crippen molar-refractivity contribution in [3.8, 4) is 0 Å². The summed E-state index contributed by atoms with van der Waals surface area (Å²) in [6, 6.07) is 9.23. The van der Waals surface area contributed by atoms with Crippen LogP contribution in [0.1, 0.15) is 5.56 Å². The Morgan fingerprint density at radius 1 is 1.25 bits per heavy atom. The Morgan fingerprint density at radius 3 is 2.44 bits per heavy atom. The van der Waals surface area contributed by atoms with Crippen molar-refractivity contribution in [2.75, 3.05) is 6.61 Å². The molecule has 0 unspecified atom stereocenters. The maximum atomic E-state index is 12.0. The molecule has 0 saturated heterocycles. The number of ether oxygens (including phenoxy) is 1. The molecule has 0 aromatic heterocycles. The van der Waals surface area contributed by atoms with Crippen LogP contribution in [0.5, 0.6) is 0 Å². The highest BCUT2D eigenvalue weighted by molar-refractivity contribution is 5.48. The fourth-order valence-electron chi connectivity index (χ4n) is 0.979. The standard InChI is InChI=1S/C12H11F3O/c1-10(12(13,14)15)16-9-5-8-11-6-3-2-4-7-11/h2-8H,1,9H2/b8-5+. The summed E-state index contributed by atoms with van der Waals surface area (Å²) in [4.78, 5) is 0. The van der Waals surface area contributed by atoms with E-state index in [1.807, 2.05) is 30.3 Å². The first-order valence-electron chi connectivity index (χ1n) is 4.60. The van der Waals surface area contributed by atoms with Gasteiger partial charge in [-0.15, -0.1) is 0 Å². The molecule has 0 fully saturated rings. The molecule has 4 heteroatoms. The largest absolute Gasteiger partial charge is 0.485 e. The summed E-state index contributed by atoms with van der Waals surface area (Å²) >= 11 is 0. The van der Waals surface area contributed by atoms with Gasteiger partial charge in [-0.25, -0.2) is 0 Å². The van der Waals surface area contributed by atoms with Crippen LogP contribution in [-0.4, -0.2) is 12.8 Å². The average Bonchev–Trinajstić information content (AvgIpc) is 2.24. The van der Waals surface area contributed by atoms with Crippen LogP contribution in [-0.2, 0) is 4.74 Å². The predicted octanol–water partition coefficient (Wildman–Crippen LogP) is 3.79. The number of rotatable bonds is 4. The lowest BCUT2D eigenvalue weighted by molar-refractivity contribution is -0.128. The molecule has 16 heavy (non-hydrogen) atoms. The number of halogens is 3. The first kappa shape index (κ1) is 12.4. The van der Waals surface area contributed by atoms with E-state index in [0.29, 0.717) is 0 Å². The van der Waals surface area contributed by atoms with Gasteiger partial charge >= 0.3 is 6.18 Å². The maximum Gasteiger partial charge on any atom is 0.448 e. The third kappa shape index (κ3) is 4.21. The molecule has 0 bridgehead atoms. The average molecular weight is 228 g/mol. The Hall–Kier alpha value is -1.71. The number of alkyl halides is 3. The van der Waals surface area contributed by atoms with E-state index in [0.717, 1.165) is 5.56 Å². The number of benzene rings is 1. The topological polar surface area (TPSA) is 9.23 Å². The normalized spacial score (nSPS) is 11.7. The fraction of sp³-hybridized carbons (Fsp3) is 0.167. The summed E-state index contributed by atoms with van der Waals surface area (Å²) < 4.78 is 40.3. The van der Waals surface area contributed by atoms with E-state index in [1.165, 1.54) is 6.08 Å². The van der Waals surface area contributed by atoms with Gasteiger partial charge in [-0.2, -0.15) is 13.2 Å². The van der Waals surface area contributed by atoms with Gasteiger partial charge in [0.1, 0.15) is 6.61 Å². The summed E-state index contributed by atoms with van der Waals surface area (Å²) in [5.74, 6) is -1.18. The van der Waals surface area contributed by atoms with Crippen LogP contribution >= 0.6 is 0 Å². The van der Waals surface area contributed by atoms with Gasteiger partial charge in [-0.05, 0) is 11.6 Å². The molecule has 1 nitrogen and oxygen atoms in total. The summed E-state index contributed by atoms with van der Waals surface area (Å²) in [6.45, 7) is 2.64. The molecule has 0 atom stereocenters. The molecular formula is C12H11F3O. The molecule has 0 heterocycles. The van der Waals surface area contributed by atoms with Crippen molar-refractivity contribution in [3.05, 3.63) is 54.3 Å². The zero-order chi connectivity index (χ0) is 12.0. The summed E-state index contributed by atoms with van der Waals surface area (Å²) in [7, 11) is 0. The van der Waals surface area contributed by atoms with Gasteiger partial charge in [0.2, 0.25) is 0 Å². The Labute approximate surface area is 91.9 Å². The highest BCUT2D eigenvalue weighted by Gasteiger charge is 2.33. The Kier molecular flexibility index (Phi) is 4.17. The van der Waals surface area contributed by atoms with E-state index in [2.05, 4.69) is 11.3 Å². The van der Waals surface area contributed by atoms with E-state index >= 15 is 0 Å². The van der Waals surface area contributed by atoms with Gasteiger partial charge in [0, 0.05) is 0 Å². The molecule has 1 aromatic rings. The molecule has 0 aliphatic rings. The Balaban J connectivity index is 2.37. The molecule has 0 aliphatic heterocycles. The SMILES string of the molecule is C=C(OC/C=C/c1ccccc1)C(F)(F)F. The second kappa shape index (κ2) is 5.39. The Morgan fingerprint density at radius 2 is 1.88 bits per heavy atom. The quantitative estimate of drug-likeness (QED) is 0.712. The van der Waals surface area contributed by atoms with E-state index in [-0.39, 0.29) is 6.61 Å². The van der Waals surface area contributed by atoms with E-state index in [4.69, 9.17) is 0 Å². The maximum absolute atomic E-state index is 12.0. The van der Waals surface area contributed by atoms with Crippen molar-refractivity contribution in [2.45, 2.75) is 6.18 Å². The van der Waals surface area contributed by atoms with Gasteiger partial charge in [-0.3, -0.25) is 0 Å². The van der Waals surface area contributed by atoms with Gasteiger partial charge in [0.25, 0.3) is 0 Å². The van der Waals surface area contributed by atoms with Crippen LogP contribution in [0.3, 0.4) is 0 Å². The number of allylic oxidation sites excluding steroid dienone is 1. The van der Waals surface area contributed by atoms with E-state index in [9.17, 15) is 13.2 Å². The smallest absolute Gasteiger partial charge is 0.448 e. The van der Waals surface area contributed by atoms with Crippen LogP contribution in [0.4, 0.5) is 13.2 Å². The van der Waals surface area contributed by atoms with Gasteiger partial charge < -0.3 is 4.74 Å². The third-order valence-electron chi connectivity index (χ3n) is 1.78. The van der Waals surface area contributed by atoms with Crippen LogP contribution in [0.2, 0.25) is 0 Å². The lowest BCUT2D eigenvalue weighted by atomic mass is 10.2. The molecule has 0 spiro atoms. The second-order valence-corrected chi connectivity index (χ2v) is 3.04. The lowest BCUT2D eigenvalue weighted by Gasteiger charge is -2.09. The minimum absolute atomic E-state index is 0.146. The van der Waals surface area contributed by atoms with Gasteiger partial charge in [0.15, 0.2) is 5.76 Å². The molecule has 86 valence electrons. The summed E-state index contributed by atoms with van der Waals surface area (Å²) in [6.07, 6.45) is -1.30. The van der Waals surface area contributed by atoms with Crippen molar-refractivity contribution in [1.82, 2.24) is 0 Å². The molecule has 0 amide bonds. The molecule has 1 rings (SSSR count). The number of hydrogen-bond acceptors (Lipinski definition) is 1. The second-order valence-electron chi connectivity index (χ2n) is 3.04. The molecule has 0 radical (unpaired) electrons. The molecule has 0 aliphatic carbocycles. The third-order valence-corrected chi connectivity index (χ3v) is 1.78. The van der Waals surface area contributed by atoms with Crippen molar-refractivity contribution < 1.29 is 17.9 Å². The van der Waals surface area contributed by atoms with E-state index in [1.54, 1.807) is 6.08 Å². The van der Waals surface area contributed by atoms with Crippen LogP contribution in [0, 0.1) is 0 Å². The first-order valence-corrected chi connectivity index (χ1v) is 4.60. The van der Waals surface area contributed by atoms with Crippen molar-refractivity contribution in [2.24, 2.45) is 0 Å². The van der Waals surface area contributed by atoms with E-state index < -0.39 is 11.9 Å². The first-order chi connectivity index (χ1) is 7.50. The fourth-order valence-corrected chi connectivity index (χ4v) is 0.979. The van der Waals surface area contributed by atoms with Crippen LogP contribution < -0.4 is 0 Å². The summed E-state index contributed by atoms with van der Waals surface area (Å²) in [5.41, 5.74) is 0.906. The van der Waals surface area contributed by atoms with Crippen molar-refractivity contribution >= 4 is 6.08 Å². The molecule has 1 aromatic carbocycles. The highest BCUT2D eigenvalue weighted by atomic mass is 19.4. The lowest BCUT2D eigenvalue weighted by Crippen LogP contribution is -2.13. The predicted molar refractivity (Wildman–Crippen MR) is 56.6 cm³/mol. The molecular weight excluding hydrogens is 217 g/mol.